The lowest BCUT2D eigenvalue weighted by molar-refractivity contribution is -0.128. The Bertz CT molecular complexity index is 2060. The monoisotopic (exact) mass is 874 g/mol. The largest absolute Gasteiger partial charge is 0.354 e. The van der Waals surface area contributed by atoms with Crippen molar-refractivity contribution in [3.05, 3.63) is 53.8 Å². The predicted molar refractivity (Wildman–Crippen MR) is 202 cm³/mol. The molecule has 0 radical (unpaired) electrons. The van der Waals surface area contributed by atoms with Gasteiger partial charge in [0, 0.05) is 25.4 Å². The van der Waals surface area contributed by atoms with E-state index in [0.717, 1.165) is 0 Å². The standard InChI is InChI=1S/C30H27BrCl4N10O4S2/c1-28(2)22(46)41-26(48)44(28)12-30(45-27(49)42-23(47)29(45,3)4,43-25-36-7-5-16(39-25)17-9-14(32)20(34)50-17)6-8-37-24-38-11-13(31)19(40-24)18-10-15(33)21(35)51-18/h5,7,9-11H,6,8,12H2,1-4H3,(H,36,39,43)(H,37,38,40)(H,41,46,48)(H,42,47,49). The van der Waals surface area contributed by atoms with Gasteiger partial charge in [0.15, 0.2) is 0 Å². The first-order valence-corrected chi connectivity index (χ1v) is 18.9. The molecule has 0 spiro atoms. The SMILES string of the molecule is CC1(C)C(=O)NC(=O)N1CC(CCNc1ncc(Br)c(-c2cc(Cl)c(Cl)s2)n1)(Nc1nccc(-c2cc(Cl)c(Cl)s2)n1)N1C(=O)NC(=O)C1(C)C. The summed E-state index contributed by atoms with van der Waals surface area (Å²) in [6.07, 6.45) is 3.07. The van der Waals surface area contributed by atoms with Crippen LogP contribution in [0.5, 0.6) is 0 Å². The summed E-state index contributed by atoms with van der Waals surface area (Å²) < 4.78 is 1.39. The van der Waals surface area contributed by atoms with E-state index in [1.165, 1.54) is 38.7 Å². The van der Waals surface area contributed by atoms with Gasteiger partial charge in [-0.15, -0.1) is 22.7 Å². The van der Waals surface area contributed by atoms with Crippen LogP contribution in [0.1, 0.15) is 34.1 Å². The van der Waals surface area contributed by atoms with E-state index < -0.39 is 40.6 Å². The lowest BCUT2D eigenvalue weighted by atomic mass is 9.93. The number of halogens is 5. The molecule has 1 unspecified atom stereocenters. The summed E-state index contributed by atoms with van der Waals surface area (Å²) in [5, 5.41) is 12.0. The van der Waals surface area contributed by atoms with Crippen molar-refractivity contribution in [2.75, 3.05) is 23.7 Å². The van der Waals surface area contributed by atoms with Gasteiger partial charge >= 0.3 is 12.1 Å². The van der Waals surface area contributed by atoms with Gasteiger partial charge in [0.1, 0.15) is 31.1 Å². The number of nitrogens with one attached hydrogen (secondary N) is 4. The fourth-order valence-corrected chi connectivity index (χ4v) is 8.99. The maximum absolute atomic E-state index is 13.8. The minimum atomic E-state index is -1.64. The Hall–Kier alpha value is -3.32. The minimum Gasteiger partial charge on any atom is -0.354 e. The zero-order valence-electron chi connectivity index (χ0n) is 27.0. The number of thiophene rings is 2. The molecule has 2 aliphatic heterocycles. The summed E-state index contributed by atoms with van der Waals surface area (Å²) in [4.78, 5) is 75.4. The lowest BCUT2D eigenvalue weighted by Crippen LogP contribution is -2.69. The van der Waals surface area contributed by atoms with Crippen LogP contribution in [-0.2, 0) is 9.59 Å². The number of rotatable bonds is 11. The Morgan fingerprint density at radius 3 is 2.06 bits per heavy atom. The Morgan fingerprint density at radius 1 is 0.863 bits per heavy atom. The molecular weight excluding hydrogens is 850 g/mol. The topological polar surface area (TPSA) is 174 Å². The second kappa shape index (κ2) is 13.9. The van der Waals surface area contributed by atoms with E-state index >= 15 is 0 Å². The molecule has 6 heterocycles. The molecule has 51 heavy (non-hydrogen) atoms. The molecule has 0 aromatic carbocycles. The highest BCUT2D eigenvalue weighted by molar-refractivity contribution is 9.10. The molecule has 2 saturated heterocycles. The molecule has 6 amide bonds. The summed E-state index contributed by atoms with van der Waals surface area (Å²) in [6.45, 7) is 6.11. The van der Waals surface area contributed by atoms with Crippen LogP contribution in [0.15, 0.2) is 35.1 Å². The van der Waals surface area contributed by atoms with Crippen LogP contribution in [-0.4, -0.2) is 83.4 Å². The molecule has 4 aromatic heterocycles. The van der Waals surface area contributed by atoms with Crippen LogP contribution in [0.4, 0.5) is 21.5 Å². The highest BCUT2D eigenvalue weighted by atomic mass is 79.9. The maximum Gasteiger partial charge on any atom is 0.326 e. The number of hydrogen-bond acceptors (Lipinski definition) is 12. The van der Waals surface area contributed by atoms with E-state index in [1.807, 2.05) is 0 Å². The number of urea groups is 2. The van der Waals surface area contributed by atoms with Gasteiger partial charge in [0.2, 0.25) is 11.9 Å². The van der Waals surface area contributed by atoms with Crippen molar-refractivity contribution in [1.29, 1.82) is 0 Å². The average molecular weight is 877 g/mol. The highest BCUT2D eigenvalue weighted by Crippen LogP contribution is 2.41. The van der Waals surface area contributed by atoms with Crippen molar-refractivity contribution < 1.29 is 19.2 Å². The van der Waals surface area contributed by atoms with Crippen molar-refractivity contribution >= 4 is 121 Å². The number of carbonyl (C=O) groups excluding carboxylic acids is 4. The van der Waals surface area contributed by atoms with Gasteiger partial charge in [-0.05, 0) is 61.8 Å². The predicted octanol–water partition coefficient (Wildman–Crippen LogP) is 7.37. The zero-order chi connectivity index (χ0) is 37.0. The lowest BCUT2D eigenvalue weighted by Gasteiger charge is -2.49. The molecule has 0 aliphatic carbocycles. The number of imide groups is 2. The van der Waals surface area contributed by atoms with E-state index in [9.17, 15) is 19.2 Å². The molecule has 4 aromatic rings. The summed E-state index contributed by atoms with van der Waals surface area (Å²) in [6, 6.07) is 3.61. The van der Waals surface area contributed by atoms with Crippen molar-refractivity contribution in [2.45, 2.75) is 50.9 Å². The Labute approximate surface area is 327 Å². The van der Waals surface area contributed by atoms with Gasteiger partial charge in [-0.2, -0.15) is 0 Å². The van der Waals surface area contributed by atoms with Crippen LogP contribution >= 0.6 is 85.0 Å². The summed E-state index contributed by atoms with van der Waals surface area (Å²) in [7, 11) is 0. The van der Waals surface area contributed by atoms with E-state index in [4.69, 9.17) is 51.4 Å². The maximum atomic E-state index is 13.8. The molecule has 6 rings (SSSR count). The molecule has 1 atom stereocenters. The van der Waals surface area contributed by atoms with Gasteiger partial charge in [-0.25, -0.2) is 29.5 Å². The fourth-order valence-electron chi connectivity index (χ4n) is 5.74. The molecular formula is C30H27BrCl4N10O4S2. The van der Waals surface area contributed by atoms with Crippen LogP contribution in [0.3, 0.4) is 0 Å². The zero-order valence-corrected chi connectivity index (χ0v) is 33.3. The van der Waals surface area contributed by atoms with E-state index in [1.54, 1.807) is 52.1 Å². The molecule has 21 heteroatoms. The average Bonchev–Trinajstić information content (AvgIpc) is 3.70. The van der Waals surface area contributed by atoms with Crippen molar-refractivity contribution in [3.63, 3.8) is 0 Å². The van der Waals surface area contributed by atoms with Crippen LogP contribution in [0, 0.1) is 0 Å². The van der Waals surface area contributed by atoms with Gasteiger partial charge in [0.25, 0.3) is 11.8 Å². The van der Waals surface area contributed by atoms with E-state index in [0.29, 0.717) is 44.3 Å². The third kappa shape index (κ3) is 7.09. The molecule has 14 nitrogen and oxygen atoms in total. The van der Waals surface area contributed by atoms with Gasteiger partial charge in [0.05, 0.1) is 36.5 Å². The van der Waals surface area contributed by atoms with Crippen LogP contribution < -0.4 is 21.3 Å². The first-order chi connectivity index (χ1) is 23.9. The Kier molecular flexibility index (Phi) is 10.2. The third-order valence-corrected chi connectivity index (χ3v) is 12.8. The first-order valence-electron chi connectivity index (χ1n) is 15.0. The number of aromatic nitrogens is 4. The molecule has 268 valence electrons. The molecule has 2 aliphatic rings. The quantitative estimate of drug-likeness (QED) is 0.111. The summed E-state index contributed by atoms with van der Waals surface area (Å²) in [5.74, 6) is -0.828. The van der Waals surface area contributed by atoms with Crippen molar-refractivity contribution in [3.8, 4) is 21.1 Å². The highest BCUT2D eigenvalue weighted by Gasteiger charge is 2.59. The van der Waals surface area contributed by atoms with E-state index in [-0.39, 0.29) is 31.4 Å². The Balaban J connectivity index is 1.42. The molecule has 2 fully saturated rings. The van der Waals surface area contributed by atoms with Gasteiger partial charge in [-0.1, -0.05) is 46.4 Å². The number of amides is 6. The fraction of sp³-hybridized carbons (Fsp3) is 0.333. The third-order valence-electron chi connectivity index (χ3n) is 8.42. The van der Waals surface area contributed by atoms with Gasteiger partial charge in [-0.3, -0.25) is 25.1 Å². The molecule has 0 bridgehead atoms. The smallest absolute Gasteiger partial charge is 0.326 e. The molecule has 4 N–H and O–H groups in total. The Morgan fingerprint density at radius 2 is 1.49 bits per heavy atom. The van der Waals surface area contributed by atoms with E-state index in [2.05, 4.69) is 52.1 Å². The number of nitrogens with zero attached hydrogens (tertiary/aromatic N) is 6. The van der Waals surface area contributed by atoms with Crippen LogP contribution in [0.2, 0.25) is 18.7 Å². The second-order valence-electron chi connectivity index (χ2n) is 12.5. The summed E-state index contributed by atoms with van der Waals surface area (Å²) >= 11 is 30.8. The van der Waals surface area contributed by atoms with Crippen molar-refractivity contribution in [1.82, 2.24) is 40.4 Å². The number of carbonyl (C=O) groups is 4. The van der Waals surface area contributed by atoms with Crippen LogP contribution in [0.25, 0.3) is 21.1 Å². The van der Waals surface area contributed by atoms with Crippen molar-refractivity contribution in [2.24, 2.45) is 0 Å². The number of hydrogen-bond donors (Lipinski definition) is 4. The number of anilines is 2. The van der Waals surface area contributed by atoms with Gasteiger partial charge < -0.3 is 15.5 Å². The normalized spacial score (nSPS) is 17.8. The minimum absolute atomic E-state index is 0.000835. The first kappa shape index (κ1) is 37.4. The second-order valence-corrected chi connectivity index (χ2v) is 17.5. The molecule has 0 saturated carbocycles. The summed E-state index contributed by atoms with van der Waals surface area (Å²) in [5.41, 5.74) is -3.41.